The van der Waals surface area contributed by atoms with E-state index in [2.05, 4.69) is 67.7 Å². The highest BCUT2D eigenvalue weighted by Gasteiger charge is 2.07. The highest BCUT2D eigenvalue weighted by Crippen LogP contribution is 2.22. The third kappa shape index (κ3) is 3.73. The van der Waals surface area contributed by atoms with Gasteiger partial charge in [-0.3, -0.25) is 0 Å². The molecular formula is C18H26N2. The van der Waals surface area contributed by atoms with Crippen molar-refractivity contribution in [3.05, 3.63) is 48.2 Å². The minimum absolute atomic E-state index is 0.708. The maximum atomic E-state index is 4.03. The molecule has 0 fully saturated rings. The summed E-state index contributed by atoms with van der Waals surface area (Å²) in [5, 5.41) is 4.90. The van der Waals surface area contributed by atoms with Gasteiger partial charge in [0.05, 0.1) is 0 Å². The Balaban J connectivity index is 2.14. The smallest absolute Gasteiger partial charge is 0.0486 e. The number of para-hydroxylation sites is 1. The fourth-order valence-electron chi connectivity index (χ4n) is 2.56. The fraction of sp³-hybridized carbons (Fsp3) is 0.444. The Morgan fingerprint density at radius 2 is 2.05 bits per heavy atom. The molecule has 0 radical (unpaired) electrons. The van der Waals surface area contributed by atoms with Gasteiger partial charge in [0, 0.05) is 23.6 Å². The molecule has 0 aliphatic heterocycles. The molecule has 0 aliphatic carbocycles. The molecule has 1 aromatic heterocycles. The van der Waals surface area contributed by atoms with Gasteiger partial charge in [0.1, 0.15) is 0 Å². The Labute approximate surface area is 122 Å². The number of aromatic nitrogens is 1. The predicted molar refractivity (Wildman–Crippen MR) is 88.2 cm³/mol. The van der Waals surface area contributed by atoms with Gasteiger partial charge in [0.15, 0.2) is 0 Å². The Morgan fingerprint density at radius 1 is 1.30 bits per heavy atom. The van der Waals surface area contributed by atoms with E-state index in [9.17, 15) is 0 Å². The first-order valence-corrected chi connectivity index (χ1v) is 7.49. The summed E-state index contributed by atoms with van der Waals surface area (Å²) in [5.41, 5.74) is 3.93. The van der Waals surface area contributed by atoms with E-state index in [-0.39, 0.29) is 0 Å². The van der Waals surface area contributed by atoms with Crippen molar-refractivity contribution in [3.8, 4) is 0 Å². The fourth-order valence-corrected chi connectivity index (χ4v) is 2.56. The van der Waals surface area contributed by atoms with Crippen molar-refractivity contribution in [3.63, 3.8) is 0 Å². The first-order valence-electron chi connectivity index (χ1n) is 7.49. The third-order valence-corrected chi connectivity index (χ3v) is 3.44. The summed E-state index contributed by atoms with van der Waals surface area (Å²) in [5.74, 6) is 0.708. The lowest BCUT2D eigenvalue weighted by Gasteiger charge is -2.06. The minimum Gasteiger partial charge on any atom is -0.343 e. The summed E-state index contributed by atoms with van der Waals surface area (Å²) in [4.78, 5) is 0. The molecule has 20 heavy (non-hydrogen) atoms. The number of nitrogens with one attached hydrogen (secondary N) is 1. The third-order valence-electron chi connectivity index (χ3n) is 3.44. The van der Waals surface area contributed by atoms with E-state index >= 15 is 0 Å². The van der Waals surface area contributed by atoms with Gasteiger partial charge >= 0.3 is 0 Å². The Hall–Kier alpha value is -1.54. The molecule has 0 saturated carbocycles. The van der Waals surface area contributed by atoms with E-state index in [1.807, 2.05) is 0 Å². The largest absolute Gasteiger partial charge is 0.343 e. The summed E-state index contributed by atoms with van der Waals surface area (Å²) >= 11 is 0. The molecule has 0 unspecified atom stereocenters. The summed E-state index contributed by atoms with van der Waals surface area (Å²) in [7, 11) is 0. The van der Waals surface area contributed by atoms with E-state index < -0.39 is 0 Å². The lowest BCUT2D eigenvalue weighted by atomic mass is 10.1. The molecule has 2 rings (SSSR count). The van der Waals surface area contributed by atoms with Gasteiger partial charge in [-0.1, -0.05) is 44.2 Å². The Bertz CT molecular complexity index is 578. The van der Waals surface area contributed by atoms with Crippen LogP contribution in [0.3, 0.4) is 0 Å². The van der Waals surface area contributed by atoms with Crippen LogP contribution in [-0.2, 0) is 13.0 Å². The number of nitrogens with zero attached hydrogens (tertiary/aromatic N) is 1. The number of allylic oxidation sites excluding steroid dienone is 1. The molecule has 0 spiro atoms. The number of hydrogen-bond donors (Lipinski definition) is 1. The number of rotatable bonds is 7. The molecule has 1 heterocycles. The zero-order valence-electron chi connectivity index (χ0n) is 12.9. The lowest BCUT2D eigenvalue weighted by molar-refractivity contribution is 0.554. The van der Waals surface area contributed by atoms with E-state index in [1.54, 1.807) is 0 Å². The van der Waals surface area contributed by atoms with Crippen molar-refractivity contribution in [2.75, 3.05) is 13.1 Å². The van der Waals surface area contributed by atoms with E-state index in [4.69, 9.17) is 0 Å². The number of hydrogen-bond acceptors (Lipinski definition) is 1. The van der Waals surface area contributed by atoms with Crippen molar-refractivity contribution >= 4 is 10.9 Å². The first kappa shape index (κ1) is 14.9. The number of fused-ring (bicyclic) bond motifs is 1. The maximum Gasteiger partial charge on any atom is 0.0486 e. The van der Waals surface area contributed by atoms with Crippen molar-refractivity contribution in [2.45, 2.75) is 33.7 Å². The van der Waals surface area contributed by atoms with E-state index in [0.29, 0.717) is 5.92 Å². The van der Waals surface area contributed by atoms with Crippen LogP contribution in [0.25, 0.3) is 10.9 Å². The molecule has 2 heteroatoms. The van der Waals surface area contributed by atoms with Gasteiger partial charge in [0.25, 0.3) is 0 Å². The molecule has 0 bridgehead atoms. The van der Waals surface area contributed by atoms with E-state index in [1.165, 1.54) is 22.0 Å². The second kappa shape index (κ2) is 6.76. The van der Waals surface area contributed by atoms with Gasteiger partial charge in [-0.2, -0.15) is 0 Å². The SMILES string of the molecule is C=C(C)Cn1cc(CCNCC(C)C)c2ccccc21. The Morgan fingerprint density at radius 3 is 2.75 bits per heavy atom. The normalized spacial score (nSPS) is 11.4. The monoisotopic (exact) mass is 270 g/mol. The van der Waals surface area contributed by atoms with Crippen molar-refractivity contribution in [1.82, 2.24) is 9.88 Å². The van der Waals surface area contributed by atoms with Gasteiger partial charge in [-0.05, 0) is 44.0 Å². The molecule has 0 amide bonds. The quantitative estimate of drug-likeness (QED) is 0.594. The summed E-state index contributed by atoms with van der Waals surface area (Å²) in [6.45, 7) is 13.6. The highest BCUT2D eigenvalue weighted by molar-refractivity contribution is 5.84. The van der Waals surface area contributed by atoms with Gasteiger partial charge in [0.2, 0.25) is 0 Å². The molecule has 0 atom stereocenters. The summed E-state index contributed by atoms with van der Waals surface area (Å²) < 4.78 is 2.31. The average Bonchev–Trinajstić information content (AvgIpc) is 2.73. The van der Waals surface area contributed by atoms with E-state index in [0.717, 1.165) is 26.1 Å². The van der Waals surface area contributed by atoms with Gasteiger partial charge < -0.3 is 9.88 Å². The molecular weight excluding hydrogens is 244 g/mol. The van der Waals surface area contributed by atoms with Crippen LogP contribution < -0.4 is 5.32 Å². The average molecular weight is 270 g/mol. The van der Waals surface area contributed by atoms with Crippen LogP contribution in [0.15, 0.2) is 42.6 Å². The van der Waals surface area contributed by atoms with Crippen LogP contribution in [0.1, 0.15) is 26.3 Å². The molecule has 0 aliphatic rings. The lowest BCUT2D eigenvalue weighted by Crippen LogP contribution is -2.22. The molecule has 0 saturated heterocycles. The predicted octanol–water partition coefficient (Wildman–Crippen LogP) is 4.01. The molecule has 108 valence electrons. The minimum atomic E-state index is 0.708. The van der Waals surface area contributed by atoms with Crippen LogP contribution in [0.4, 0.5) is 0 Å². The second-order valence-corrected chi connectivity index (χ2v) is 6.10. The van der Waals surface area contributed by atoms with Crippen LogP contribution in [0.5, 0.6) is 0 Å². The standard InChI is InChI=1S/C18H26N2/c1-14(2)11-19-10-9-16-13-20(12-15(3)4)18-8-6-5-7-17(16)18/h5-8,13-14,19H,3,9-12H2,1-2,4H3. The van der Waals surface area contributed by atoms with Crippen LogP contribution >= 0.6 is 0 Å². The second-order valence-electron chi connectivity index (χ2n) is 6.10. The Kier molecular flexibility index (Phi) is 5.02. The molecule has 2 aromatic rings. The highest BCUT2D eigenvalue weighted by atomic mass is 15.0. The summed E-state index contributed by atoms with van der Waals surface area (Å²) in [6.07, 6.45) is 3.37. The zero-order valence-corrected chi connectivity index (χ0v) is 12.9. The van der Waals surface area contributed by atoms with Crippen molar-refractivity contribution in [1.29, 1.82) is 0 Å². The van der Waals surface area contributed by atoms with Gasteiger partial charge in [-0.25, -0.2) is 0 Å². The molecule has 1 aromatic carbocycles. The first-order chi connectivity index (χ1) is 9.58. The molecule has 1 N–H and O–H groups in total. The van der Waals surface area contributed by atoms with Crippen molar-refractivity contribution in [2.24, 2.45) is 5.92 Å². The number of benzene rings is 1. The zero-order chi connectivity index (χ0) is 14.5. The summed E-state index contributed by atoms with van der Waals surface area (Å²) in [6, 6.07) is 8.65. The maximum absolute atomic E-state index is 4.03. The topological polar surface area (TPSA) is 17.0 Å². The van der Waals surface area contributed by atoms with Crippen LogP contribution in [0.2, 0.25) is 0 Å². The van der Waals surface area contributed by atoms with Crippen LogP contribution in [0, 0.1) is 5.92 Å². The molecule has 2 nitrogen and oxygen atoms in total. The van der Waals surface area contributed by atoms with Gasteiger partial charge in [-0.15, -0.1) is 0 Å². The van der Waals surface area contributed by atoms with Crippen LogP contribution in [-0.4, -0.2) is 17.7 Å². The van der Waals surface area contributed by atoms with Crippen molar-refractivity contribution < 1.29 is 0 Å².